The number of ether oxygens (including phenoxy) is 1. The van der Waals surface area contributed by atoms with E-state index in [9.17, 15) is 9.59 Å². The molecule has 8 nitrogen and oxygen atoms in total. The minimum absolute atomic E-state index is 0.154. The Balaban J connectivity index is 1.41. The van der Waals surface area contributed by atoms with E-state index in [2.05, 4.69) is 20.8 Å². The summed E-state index contributed by atoms with van der Waals surface area (Å²) in [4.78, 5) is 24.4. The van der Waals surface area contributed by atoms with E-state index >= 15 is 0 Å². The van der Waals surface area contributed by atoms with Gasteiger partial charge in [0.05, 0.1) is 33.7 Å². The lowest BCUT2D eigenvalue weighted by Gasteiger charge is -2.15. The highest BCUT2D eigenvalue weighted by molar-refractivity contribution is 7.99. The van der Waals surface area contributed by atoms with E-state index in [4.69, 9.17) is 27.9 Å². The smallest absolute Gasteiger partial charge is 0.338 e. The monoisotopic (exact) mass is 583 g/mol. The number of hydrogen-bond donors (Lipinski definition) is 2. The van der Waals surface area contributed by atoms with Crippen molar-refractivity contribution in [3.05, 3.63) is 93.7 Å². The van der Waals surface area contributed by atoms with Crippen molar-refractivity contribution in [3.63, 3.8) is 0 Å². The topological polar surface area (TPSA) is 98.1 Å². The van der Waals surface area contributed by atoms with Gasteiger partial charge in [0.25, 0.3) is 0 Å². The lowest BCUT2D eigenvalue weighted by molar-refractivity contribution is -0.113. The van der Waals surface area contributed by atoms with E-state index in [1.165, 1.54) is 11.8 Å². The number of hydrogen-bond acceptors (Lipinski definition) is 7. The molecular formula is C28H27Cl2N5O3S. The molecule has 0 unspecified atom stereocenters. The molecule has 0 bridgehead atoms. The van der Waals surface area contributed by atoms with E-state index in [0.717, 1.165) is 17.1 Å². The third-order valence-electron chi connectivity index (χ3n) is 5.71. The molecule has 2 N–H and O–H groups in total. The zero-order valence-electron chi connectivity index (χ0n) is 21.4. The van der Waals surface area contributed by atoms with Gasteiger partial charge in [0, 0.05) is 24.3 Å². The van der Waals surface area contributed by atoms with Crippen LogP contribution in [-0.2, 0) is 22.5 Å². The number of aromatic nitrogens is 3. The zero-order chi connectivity index (χ0) is 27.8. The quantitative estimate of drug-likeness (QED) is 0.147. The number of para-hydroxylation sites is 2. The Hall–Kier alpha value is -3.53. The highest BCUT2D eigenvalue weighted by Gasteiger charge is 2.16. The Morgan fingerprint density at radius 2 is 1.67 bits per heavy atom. The fourth-order valence-electron chi connectivity index (χ4n) is 3.82. The molecule has 1 aromatic heterocycles. The fourth-order valence-corrected chi connectivity index (χ4v) is 5.14. The number of rotatable bonds is 11. The number of thioether (sulfide) groups is 1. The molecule has 4 rings (SSSR count). The summed E-state index contributed by atoms with van der Waals surface area (Å²) in [6.45, 7) is 4.71. The largest absolute Gasteiger partial charge is 0.462 e. The molecule has 0 spiro atoms. The van der Waals surface area contributed by atoms with Crippen LogP contribution in [-0.4, -0.2) is 39.0 Å². The van der Waals surface area contributed by atoms with Gasteiger partial charge in [-0.1, -0.05) is 59.2 Å². The average molecular weight is 585 g/mol. The molecule has 202 valence electrons. The third kappa shape index (κ3) is 7.32. The van der Waals surface area contributed by atoms with Crippen LogP contribution < -0.4 is 10.6 Å². The first kappa shape index (κ1) is 28.5. The molecule has 0 aliphatic rings. The molecule has 0 fully saturated rings. The Bertz CT molecular complexity index is 1440. The fraction of sp³-hybridized carbons (Fsp3) is 0.214. The molecule has 0 aliphatic carbocycles. The van der Waals surface area contributed by atoms with E-state index in [1.54, 1.807) is 49.4 Å². The first-order valence-electron chi connectivity index (χ1n) is 12.3. The van der Waals surface area contributed by atoms with E-state index in [1.807, 2.05) is 35.8 Å². The molecule has 39 heavy (non-hydrogen) atoms. The Morgan fingerprint density at radius 1 is 0.949 bits per heavy atom. The molecule has 11 heteroatoms. The van der Waals surface area contributed by atoms with Crippen LogP contribution in [0.5, 0.6) is 0 Å². The summed E-state index contributed by atoms with van der Waals surface area (Å²) < 4.78 is 6.97. The molecule has 0 radical (unpaired) electrons. The van der Waals surface area contributed by atoms with Crippen LogP contribution in [0.2, 0.25) is 10.0 Å². The van der Waals surface area contributed by atoms with Crippen LogP contribution in [0.4, 0.5) is 17.1 Å². The first-order valence-corrected chi connectivity index (χ1v) is 14.0. The van der Waals surface area contributed by atoms with Gasteiger partial charge < -0.3 is 19.9 Å². The van der Waals surface area contributed by atoms with Gasteiger partial charge in [-0.15, -0.1) is 10.2 Å². The summed E-state index contributed by atoms with van der Waals surface area (Å²) in [5, 5.41) is 16.6. The van der Waals surface area contributed by atoms with Gasteiger partial charge in [0.15, 0.2) is 5.16 Å². The van der Waals surface area contributed by atoms with Crippen LogP contribution in [0.15, 0.2) is 71.9 Å². The second-order valence-corrected chi connectivity index (χ2v) is 10.1. The van der Waals surface area contributed by atoms with Crippen molar-refractivity contribution in [2.75, 3.05) is 23.0 Å². The Morgan fingerprint density at radius 3 is 2.36 bits per heavy atom. The molecule has 4 aromatic rings. The number of amides is 1. The van der Waals surface area contributed by atoms with Crippen molar-refractivity contribution >= 4 is 63.9 Å². The van der Waals surface area contributed by atoms with Gasteiger partial charge in [-0.3, -0.25) is 4.79 Å². The number of halogens is 2. The van der Waals surface area contributed by atoms with Gasteiger partial charge >= 0.3 is 5.97 Å². The van der Waals surface area contributed by atoms with Crippen molar-refractivity contribution in [3.8, 4) is 0 Å². The molecule has 0 aliphatic heterocycles. The highest BCUT2D eigenvalue weighted by atomic mass is 35.5. The van der Waals surface area contributed by atoms with E-state index in [-0.39, 0.29) is 11.7 Å². The van der Waals surface area contributed by atoms with Gasteiger partial charge in [0.1, 0.15) is 5.82 Å². The minimum atomic E-state index is -0.397. The summed E-state index contributed by atoms with van der Waals surface area (Å²) in [5.41, 5.74) is 3.52. The highest BCUT2D eigenvalue weighted by Crippen LogP contribution is 2.34. The number of benzene rings is 3. The Kier molecular flexibility index (Phi) is 9.86. The second kappa shape index (κ2) is 13.5. The lowest BCUT2D eigenvalue weighted by atomic mass is 10.1. The maximum absolute atomic E-state index is 12.6. The number of carbonyl (C=O) groups excluding carboxylic acids is 2. The van der Waals surface area contributed by atoms with Crippen molar-refractivity contribution in [2.45, 2.75) is 32.0 Å². The first-order chi connectivity index (χ1) is 18.9. The number of nitrogens with one attached hydrogen (secondary N) is 2. The van der Waals surface area contributed by atoms with E-state index in [0.29, 0.717) is 51.7 Å². The predicted octanol–water partition coefficient (Wildman–Crippen LogP) is 6.85. The zero-order valence-corrected chi connectivity index (χ0v) is 23.7. The minimum Gasteiger partial charge on any atom is -0.462 e. The standard InChI is InChI=1S/C28H27Cl2N5O3S/c1-3-35-24(16-19-8-5-6-11-23(19)32-26-21(29)9-7-10-22(26)30)33-34-28(35)39-17-25(36)31-20-14-12-18(13-15-20)27(37)38-4-2/h5-15,32H,3-4,16-17H2,1-2H3,(H,31,36). The van der Waals surface area contributed by atoms with Crippen LogP contribution >= 0.6 is 35.0 Å². The summed E-state index contributed by atoms with van der Waals surface area (Å²) in [7, 11) is 0. The molecule has 3 aromatic carbocycles. The number of nitrogens with zero attached hydrogens (tertiary/aromatic N) is 3. The summed E-state index contributed by atoms with van der Waals surface area (Å²) in [6, 6.07) is 19.8. The predicted molar refractivity (Wildman–Crippen MR) is 156 cm³/mol. The molecule has 0 saturated heterocycles. The Labute approximate surface area is 241 Å². The molecule has 0 saturated carbocycles. The van der Waals surface area contributed by atoms with Gasteiger partial charge in [-0.05, 0) is 61.9 Å². The molecule has 1 heterocycles. The summed E-state index contributed by atoms with van der Waals surface area (Å²) in [6.07, 6.45) is 0.519. The maximum atomic E-state index is 12.6. The summed E-state index contributed by atoms with van der Waals surface area (Å²) >= 11 is 14.0. The second-order valence-electron chi connectivity index (χ2n) is 8.33. The number of esters is 1. The third-order valence-corrected chi connectivity index (χ3v) is 7.31. The summed E-state index contributed by atoms with van der Waals surface area (Å²) in [5.74, 6) is 0.337. The molecular weight excluding hydrogens is 557 g/mol. The van der Waals surface area contributed by atoms with E-state index < -0.39 is 5.97 Å². The molecule has 0 atom stereocenters. The number of carbonyl (C=O) groups is 2. The lowest BCUT2D eigenvalue weighted by Crippen LogP contribution is -2.15. The van der Waals surface area contributed by atoms with Crippen LogP contribution in [0.1, 0.15) is 35.6 Å². The number of anilines is 3. The maximum Gasteiger partial charge on any atom is 0.338 e. The van der Waals surface area contributed by atoms with Crippen molar-refractivity contribution in [2.24, 2.45) is 0 Å². The van der Waals surface area contributed by atoms with Gasteiger partial charge in [0.2, 0.25) is 5.91 Å². The van der Waals surface area contributed by atoms with Crippen LogP contribution in [0.3, 0.4) is 0 Å². The van der Waals surface area contributed by atoms with Crippen LogP contribution in [0, 0.1) is 0 Å². The van der Waals surface area contributed by atoms with Crippen LogP contribution in [0.25, 0.3) is 0 Å². The average Bonchev–Trinajstić information content (AvgIpc) is 3.32. The van der Waals surface area contributed by atoms with Crippen molar-refractivity contribution < 1.29 is 14.3 Å². The molecule has 1 amide bonds. The van der Waals surface area contributed by atoms with Gasteiger partial charge in [-0.2, -0.15) is 0 Å². The normalized spacial score (nSPS) is 10.8. The van der Waals surface area contributed by atoms with Crippen molar-refractivity contribution in [1.29, 1.82) is 0 Å². The van der Waals surface area contributed by atoms with Crippen molar-refractivity contribution in [1.82, 2.24) is 14.8 Å². The van der Waals surface area contributed by atoms with Gasteiger partial charge in [-0.25, -0.2) is 4.79 Å². The SMILES string of the molecule is CCOC(=O)c1ccc(NC(=O)CSc2nnc(Cc3ccccc3Nc3c(Cl)cccc3Cl)n2CC)cc1.